The Bertz CT molecular complexity index is 1200. The Morgan fingerprint density at radius 2 is 1.76 bits per heavy atom. The van der Waals surface area contributed by atoms with Gasteiger partial charge in [0.2, 0.25) is 0 Å². The second-order valence-electron chi connectivity index (χ2n) is 8.58. The van der Waals surface area contributed by atoms with E-state index in [0.717, 1.165) is 17.7 Å². The van der Waals surface area contributed by atoms with Crippen LogP contribution in [0.1, 0.15) is 16.7 Å². The lowest BCUT2D eigenvalue weighted by atomic mass is 10.1. The van der Waals surface area contributed by atoms with Gasteiger partial charge in [0.05, 0.1) is 16.4 Å². The summed E-state index contributed by atoms with van der Waals surface area (Å²) in [6.45, 7) is 5.08. The maximum atomic E-state index is 13.6. The number of sulfone groups is 1. The average molecular weight is 495 g/mol. The Balaban J connectivity index is 1.53. The summed E-state index contributed by atoms with van der Waals surface area (Å²) in [5, 5.41) is 8.36. The van der Waals surface area contributed by atoms with Crippen LogP contribution in [0.15, 0.2) is 60.0 Å². The molecule has 0 bridgehead atoms. The number of fused-ring (bicyclic) bond motifs is 1. The number of carboxylic acid groups (broad SMARTS) is 1. The maximum absolute atomic E-state index is 13.6. The molecule has 2 aromatic carbocycles. The first-order valence-corrected chi connectivity index (χ1v) is 12.4. The van der Waals surface area contributed by atoms with Crippen LogP contribution < -0.4 is 4.90 Å². The molecule has 2 aromatic rings. The summed E-state index contributed by atoms with van der Waals surface area (Å²) in [4.78, 5) is 15.1. The topological polar surface area (TPSA) is 77.9 Å². The number of rotatable bonds is 6. The van der Waals surface area contributed by atoms with Crippen molar-refractivity contribution in [2.75, 3.05) is 31.1 Å². The molecule has 0 amide bonds. The predicted octanol–water partition coefficient (Wildman–Crippen LogP) is 3.61. The summed E-state index contributed by atoms with van der Waals surface area (Å²) in [6.07, 6.45) is -2.62. The van der Waals surface area contributed by atoms with Crippen LogP contribution in [0.4, 0.5) is 18.9 Å². The third-order valence-electron chi connectivity index (χ3n) is 6.54. The highest BCUT2D eigenvalue weighted by atomic mass is 32.2. The quantitative estimate of drug-likeness (QED) is 0.619. The molecule has 1 fully saturated rings. The van der Waals surface area contributed by atoms with E-state index in [1.807, 2.05) is 0 Å². The standard InChI is InChI=1S/C24H25F3N2O4S/c1-2-22(34(32,33)21-8-3-5-16-13-17(23(30)31)14-20(16)21)29-11-9-28(10-12-29)19-7-4-6-18(15-19)24(25,26)27/h2-8,15,17,22H,1,9-14H2,(H,30,31). The molecule has 34 heavy (non-hydrogen) atoms. The fraction of sp³-hybridized carbons (Fsp3) is 0.375. The van der Waals surface area contributed by atoms with Crippen molar-refractivity contribution in [3.63, 3.8) is 0 Å². The van der Waals surface area contributed by atoms with Crippen molar-refractivity contribution >= 4 is 21.5 Å². The van der Waals surface area contributed by atoms with Gasteiger partial charge in [0.1, 0.15) is 5.37 Å². The number of carbonyl (C=O) groups is 1. The number of aliphatic carboxylic acids is 1. The molecule has 2 unspecified atom stereocenters. The summed E-state index contributed by atoms with van der Waals surface area (Å²) in [6, 6.07) is 9.99. The van der Waals surface area contributed by atoms with Crippen LogP contribution in [-0.2, 0) is 33.6 Å². The number of halogens is 3. The number of anilines is 1. The molecule has 1 saturated heterocycles. The zero-order chi connectivity index (χ0) is 24.7. The molecule has 1 aliphatic heterocycles. The first-order chi connectivity index (χ1) is 16.0. The van der Waals surface area contributed by atoms with Crippen LogP contribution in [0, 0.1) is 5.92 Å². The minimum atomic E-state index is -4.44. The second kappa shape index (κ2) is 9.07. The van der Waals surface area contributed by atoms with E-state index in [4.69, 9.17) is 0 Å². The van der Waals surface area contributed by atoms with Crippen molar-refractivity contribution in [3.8, 4) is 0 Å². The lowest BCUT2D eigenvalue weighted by molar-refractivity contribution is -0.141. The predicted molar refractivity (Wildman–Crippen MR) is 121 cm³/mol. The van der Waals surface area contributed by atoms with E-state index in [1.54, 1.807) is 28.0 Å². The molecule has 6 nitrogen and oxygen atoms in total. The van der Waals surface area contributed by atoms with E-state index < -0.39 is 38.8 Å². The minimum absolute atomic E-state index is 0.124. The molecule has 1 heterocycles. The third kappa shape index (κ3) is 4.56. The molecule has 1 aliphatic carbocycles. The van der Waals surface area contributed by atoms with Crippen LogP contribution in [0.25, 0.3) is 0 Å². The first-order valence-electron chi connectivity index (χ1n) is 10.9. The highest BCUT2D eigenvalue weighted by molar-refractivity contribution is 7.92. The van der Waals surface area contributed by atoms with Gasteiger partial charge in [0, 0.05) is 31.9 Å². The SMILES string of the molecule is C=CC(N1CCN(c2cccc(C(F)(F)F)c2)CC1)S(=O)(=O)c1cccc2c1CC(C(=O)O)C2. The molecule has 0 spiro atoms. The Morgan fingerprint density at radius 3 is 2.38 bits per heavy atom. The van der Waals surface area contributed by atoms with Crippen molar-refractivity contribution < 1.29 is 31.5 Å². The number of carboxylic acids is 1. The summed E-state index contributed by atoms with van der Waals surface area (Å²) in [5.41, 5.74) is 0.986. The number of hydrogen-bond acceptors (Lipinski definition) is 5. The molecule has 2 aliphatic rings. The molecule has 0 radical (unpaired) electrons. The summed E-state index contributed by atoms with van der Waals surface area (Å²) < 4.78 is 66.4. The van der Waals surface area contributed by atoms with Gasteiger partial charge >= 0.3 is 12.1 Å². The van der Waals surface area contributed by atoms with Gasteiger partial charge in [-0.3, -0.25) is 9.69 Å². The lowest BCUT2D eigenvalue weighted by Crippen LogP contribution is -2.52. The van der Waals surface area contributed by atoms with Crippen molar-refractivity contribution in [2.45, 2.75) is 29.3 Å². The minimum Gasteiger partial charge on any atom is -0.481 e. The molecule has 4 rings (SSSR count). The summed E-state index contributed by atoms with van der Waals surface area (Å²) in [7, 11) is -3.89. The Hall–Kier alpha value is -2.85. The average Bonchev–Trinajstić information content (AvgIpc) is 3.24. The third-order valence-corrected chi connectivity index (χ3v) is 8.66. The fourth-order valence-electron chi connectivity index (χ4n) is 4.77. The van der Waals surface area contributed by atoms with Gasteiger partial charge in [0.15, 0.2) is 9.84 Å². The highest BCUT2D eigenvalue weighted by Gasteiger charge is 2.38. The van der Waals surface area contributed by atoms with Crippen LogP contribution in [0.2, 0.25) is 0 Å². The number of nitrogens with zero attached hydrogens (tertiary/aromatic N) is 2. The Morgan fingerprint density at radius 1 is 1.09 bits per heavy atom. The Labute approximate surface area is 196 Å². The van der Waals surface area contributed by atoms with Crippen molar-refractivity contribution in [3.05, 3.63) is 71.8 Å². The summed E-state index contributed by atoms with van der Waals surface area (Å²) in [5.74, 6) is -1.60. The van der Waals surface area contributed by atoms with Crippen molar-refractivity contribution in [1.29, 1.82) is 0 Å². The van der Waals surface area contributed by atoms with Gasteiger partial charge in [-0.15, -0.1) is 6.58 Å². The van der Waals surface area contributed by atoms with Gasteiger partial charge in [-0.05, 0) is 48.2 Å². The number of benzene rings is 2. The van der Waals surface area contributed by atoms with Crippen LogP contribution in [0.3, 0.4) is 0 Å². The maximum Gasteiger partial charge on any atom is 0.416 e. The molecule has 2 atom stereocenters. The largest absolute Gasteiger partial charge is 0.481 e. The van der Waals surface area contributed by atoms with Gasteiger partial charge in [-0.25, -0.2) is 8.42 Å². The number of piperazine rings is 1. The number of hydrogen-bond donors (Lipinski definition) is 1. The highest BCUT2D eigenvalue weighted by Crippen LogP contribution is 2.35. The van der Waals surface area contributed by atoms with Crippen LogP contribution >= 0.6 is 0 Å². The monoisotopic (exact) mass is 494 g/mol. The van der Waals surface area contributed by atoms with E-state index in [2.05, 4.69) is 6.58 Å². The molecule has 10 heteroatoms. The zero-order valence-electron chi connectivity index (χ0n) is 18.3. The van der Waals surface area contributed by atoms with Crippen LogP contribution in [-0.4, -0.2) is 55.9 Å². The zero-order valence-corrected chi connectivity index (χ0v) is 19.1. The van der Waals surface area contributed by atoms with E-state index in [-0.39, 0.29) is 11.3 Å². The van der Waals surface area contributed by atoms with Gasteiger partial charge < -0.3 is 10.0 Å². The lowest BCUT2D eigenvalue weighted by Gasteiger charge is -2.39. The molecule has 0 aromatic heterocycles. The summed E-state index contributed by atoms with van der Waals surface area (Å²) >= 11 is 0. The van der Waals surface area contributed by atoms with E-state index in [0.29, 0.717) is 43.9 Å². The van der Waals surface area contributed by atoms with Gasteiger partial charge in [-0.2, -0.15) is 13.2 Å². The van der Waals surface area contributed by atoms with E-state index in [1.165, 1.54) is 18.2 Å². The van der Waals surface area contributed by atoms with Gasteiger partial charge in [0.25, 0.3) is 0 Å². The molecular weight excluding hydrogens is 469 g/mol. The van der Waals surface area contributed by atoms with Crippen LogP contribution in [0.5, 0.6) is 0 Å². The van der Waals surface area contributed by atoms with E-state index in [9.17, 15) is 31.5 Å². The first kappa shape index (κ1) is 24.3. The molecule has 1 N–H and O–H groups in total. The van der Waals surface area contributed by atoms with E-state index >= 15 is 0 Å². The molecule has 0 saturated carbocycles. The van der Waals surface area contributed by atoms with Gasteiger partial charge in [-0.1, -0.05) is 24.3 Å². The molecule has 182 valence electrons. The van der Waals surface area contributed by atoms with Crippen molar-refractivity contribution in [2.24, 2.45) is 5.92 Å². The Kier molecular flexibility index (Phi) is 6.48. The fourth-order valence-corrected chi connectivity index (χ4v) is 6.72. The molecular formula is C24H25F3N2O4S. The van der Waals surface area contributed by atoms with Crippen molar-refractivity contribution in [1.82, 2.24) is 4.90 Å². The smallest absolute Gasteiger partial charge is 0.416 e. The second-order valence-corrected chi connectivity index (χ2v) is 10.6. The number of alkyl halides is 3. The normalized spacial score (nSPS) is 20.1.